The van der Waals surface area contributed by atoms with E-state index in [1.54, 1.807) is 0 Å². The lowest BCUT2D eigenvalue weighted by molar-refractivity contribution is 0.0543. The minimum Gasteiger partial charge on any atom is -0.464 e. The molecule has 0 saturated carbocycles. The summed E-state index contributed by atoms with van der Waals surface area (Å²) >= 11 is 0. The van der Waals surface area contributed by atoms with Crippen molar-refractivity contribution in [2.45, 2.75) is 26.3 Å². The Morgan fingerprint density at radius 2 is 1.63 bits per heavy atom. The zero-order valence-corrected chi connectivity index (χ0v) is 17.8. The molecule has 0 radical (unpaired) electrons. The smallest absolute Gasteiger partial charge is 0.361 e. The van der Waals surface area contributed by atoms with E-state index >= 15 is 0 Å². The van der Waals surface area contributed by atoms with Crippen LogP contribution in [0.1, 0.15) is 39.4 Å². The van der Waals surface area contributed by atoms with Gasteiger partial charge in [0.2, 0.25) is 5.69 Å². The zero-order valence-electron chi connectivity index (χ0n) is 17.8. The SMILES string of the molecule is COC(=O)c1nnn(CCCCN2CCN(c3ccccc3C)CC2)c1C(=O)OC. The number of unbranched alkanes of at least 4 members (excludes halogenated alkanes) is 1. The van der Waals surface area contributed by atoms with Crippen molar-refractivity contribution in [3.63, 3.8) is 0 Å². The van der Waals surface area contributed by atoms with Gasteiger partial charge in [0.05, 0.1) is 14.2 Å². The van der Waals surface area contributed by atoms with E-state index in [0.717, 1.165) is 45.6 Å². The maximum absolute atomic E-state index is 12.0. The van der Waals surface area contributed by atoms with Gasteiger partial charge >= 0.3 is 11.9 Å². The summed E-state index contributed by atoms with van der Waals surface area (Å²) in [5, 5.41) is 7.73. The van der Waals surface area contributed by atoms with Crippen LogP contribution in [0.3, 0.4) is 0 Å². The Morgan fingerprint density at radius 3 is 2.30 bits per heavy atom. The topological polar surface area (TPSA) is 89.8 Å². The molecule has 9 heteroatoms. The highest BCUT2D eigenvalue weighted by Gasteiger charge is 2.26. The summed E-state index contributed by atoms with van der Waals surface area (Å²) in [5.41, 5.74) is 2.56. The highest BCUT2D eigenvalue weighted by atomic mass is 16.5. The number of rotatable bonds is 8. The van der Waals surface area contributed by atoms with Crippen LogP contribution in [0.5, 0.6) is 0 Å². The van der Waals surface area contributed by atoms with E-state index in [4.69, 9.17) is 4.74 Å². The molecule has 0 unspecified atom stereocenters. The lowest BCUT2D eigenvalue weighted by Gasteiger charge is -2.36. The molecule has 3 rings (SSSR count). The molecule has 162 valence electrons. The third kappa shape index (κ3) is 4.96. The van der Waals surface area contributed by atoms with Crippen LogP contribution in [0.25, 0.3) is 0 Å². The first-order valence-corrected chi connectivity index (χ1v) is 10.2. The number of hydrogen-bond donors (Lipinski definition) is 0. The van der Waals surface area contributed by atoms with E-state index in [1.165, 1.54) is 30.2 Å². The highest BCUT2D eigenvalue weighted by molar-refractivity contribution is 6.00. The maximum Gasteiger partial charge on any atom is 0.361 e. The molecule has 0 aliphatic carbocycles. The molecule has 1 saturated heterocycles. The molecule has 30 heavy (non-hydrogen) atoms. The van der Waals surface area contributed by atoms with Crippen LogP contribution in [0.15, 0.2) is 24.3 Å². The van der Waals surface area contributed by atoms with Crippen LogP contribution in [-0.4, -0.2) is 78.8 Å². The molecule has 1 aliphatic rings. The van der Waals surface area contributed by atoms with Crippen LogP contribution in [-0.2, 0) is 16.0 Å². The lowest BCUT2D eigenvalue weighted by atomic mass is 10.1. The number of piperazine rings is 1. The molecule has 0 bridgehead atoms. The molecule has 9 nitrogen and oxygen atoms in total. The molecule has 1 aromatic carbocycles. The van der Waals surface area contributed by atoms with Crippen LogP contribution >= 0.6 is 0 Å². The zero-order chi connectivity index (χ0) is 21.5. The number of aryl methyl sites for hydroxylation is 2. The molecule has 1 aromatic heterocycles. The first-order valence-electron chi connectivity index (χ1n) is 10.2. The van der Waals surface area contributed by atoms with Crippen LogP contribution in [0.4, 0.5) is 5.69 Å². The van der Waals surface area contributed by atoms with Crippen molar-refractivity contribution >= 4 is 17.6 Å². The molecule has 0 amide bonds. The van der Waals surface area contributed by atoms with Crippen molar-refractivity contribution in [2.24, 2.45) is 0 Å². The van der Waals surface area contributed by atoms with Crippen molar-refractivity contribution in [1.29, 1.82) is 0 Å². The number of benzene rings is 1. The van der Waals surface area contributed by atoms with Gasteiger partial charge in [0, 0.05) is 38.4 Å². The van der Waals surface area contributed by atoms with Crippen LogP contribution in [0.2, 0.25) is 0 Å². The Bertz CT molecular complexity index is 874. The third-order valence-corrected chi connectivity index (χ3v) is 5.42. The van der Waals surface area contributed by atoms with Gasteiger partial charge in [-0.05, 0) is 37.9 Å². The normalized spacial score (nSPS) is 14.6. The summed E-state index contributed by atoms with van der Waals surface area (Å²) < 4.78 is 10.9. The van der Waals surface area contributed by atoms with Crippen molar-refractivity contribution in [3.05, 3.63) is 41.2 Å². The largest absolute Gasteiger partial charge is 0.464 e. The molecular weight excluding hydrogens is 386 g/mol. The summed E-state index contributed by atoms with van der Waals surface area (Å²) in [5.74, 6) is -1.35. The standard InChI is InChI=1S/C21H29N5O4/c1-16-8-4-5-9-17(16)25-14-12-24(13-15-25)10-6-7-11-26-19(21(28)30-3)18(22-23-26)20(27)29-2/h4-5,8-9H,6-7,10-15H2,1-3H3. The van der Waals surface area contributed by atoms with Crippen LogP contribution < -0.4 is 4.90 Å². The summed E-state index contributed by atoms with van der Waals surface area (Å²) in [6.07, 6.45) is 1.77. The second-order valence-corrected chi connectivity index (χ2v) is 7.32. The fourth-order valence-electron chi connectivity index (χ4n) is 3.73. The molecule has 0 N–H and O–H groups in total. The second-order valence-electron chi connectivity index (χ2n) is 7.32. The molecule has 0 atom stereocenters. The fourth-order valence-corrected chi connectivity index (χ4v) is 3.73. The Morgan fingerprint density at radius 1 is 0.967 bits per heavy atom. The van der Waals surface area contributed by atoms with E-state index < -0.39 is 11.9 Å². The number of methoxy groups -OCH3 is 2. The average Bonchev–Trinajstić information content (AvgIpc) is 3.20. The van der Waals surface area contributed by atoms with Gasteiger partial charge in [0.15, 0.2) is 5.69 Å². The van der Waals surface area contributed by atoms with Crippen molar-refractivity contribution in [2.75, 3.05) is 51.8 Å². The number of nitrogens with zero attached hydrogens (tertiary/aromatic N) is 5. The number of hydrogen-bond acceptors (Lipinski definition) is 8. The fraction of sp³-hybridized carbons (Fsp3) is 0.524. The average molecular weight is 415 g/mol. The number of aromatic nitrogens is 3. The summed E-state index contributed by atoms with van der Waals surface area (Å²) in [6, 6.07) is 8.50. The molecule has 1 aliphatic heterocycles. The number of carbonyl (C=O) groups excluding carboxylic acids is 2. The van der Waals surface area contributed by atoms with Gasteiger partial charge in [-0.25, -0.2) is 14.3 Å². The van der Waals surface area contributed by atoms with E-state index in [0.29, 0.717) is 6.54 Å². The van der Waals surface area contributed by atoms with Crippen molar-refractivity contribution in [3.8, 4) is 0 Å². The van der Waals surface area contributed by atoms with Gasteiger partial charge in [0.25, 0.3) is 0 Å². The Hall–Kier alpha value is -2.94. The number of ether oxygens (including phenoxy) is 2. The molecule has 2 heterocycles. The Kier molecular flexibility index (Phi) is 7.40. The number of anilines is 1. The van der Waals surface area contributed by atoms with Crippen molar-refractivity contribution in [1.82, 2.24) is 19.9 Å². The second kappa shape index (κ2) is 10.2. The van der Waals surface area contributed by atoms with Gasteiger partial charge in [-0.15, -0.1) is 5.10 Å². The van der Waals surface area contributed by atoms with Gasteiger partial charge < -0.3 is 14.4 Å². The number of para-hydroxylation sites is 1. The Labute approximate surface area is 176 Å². The summed E-state index contributed by atoms with van der Waals surface area (Å²) in [4.78, 5) is 28.7. The third-order valence-electron chi connectivity index (χ3n) is 5.42. The first-order chi connectivity index (χ1) is 14.5. The molecular formula is C21H29N5O4. The van der Waals surface area contributed by atoms with E-state index in [9.17, 15) is 9.59 Å². The summed E-state index contributed by atoms with van der Waals surface area (Å²) in [7, 11) is 2.50. The van der Waals surface area contributed by atoms with E-state index in [-0.39, 0.29) is 11.4 Å². The van der Waals surface area contributed by atoms with E-state index in [2.05, 4.69) is 56.0 Å². The highest BCUT2D eigenvalue weighted by Crippen LogP contribution is 2.21. The minimum absolute atomic E-state index is 0.0381. The predicted molar refractivity (Wildman–Crippen MR) is 112 cm³/mol. The number of esters is 2. The van der Waals surface area contributed by atoms with Crippen LogP contribution in [0, 0.1) is 6.92 Å². The maximum atomic E-state index is 12.0. The first kappa shape index (κ1) is 21.8. The summed E-state index contributed by atoms with van der Waals surface area (Å²) in [6.45, 7) is 7.70. The number of carbonyl (C=O) groups is 2. The van der Waals surface area contributed by atoms with Gasteiger partial charge in [-0.1, -0.05) is 23.4 Å². The lowest BCUT2D eigenvalue weighted by Crippen LogP contribution is -2.46. The van der Waals surface area contributed by atoms with Gasteiger partial charge in [0.1, 0.15) is 0 Å². The molecule has 1 fully saturated rings. The predicted octanol–water partition coefficient (Wildman–Crippen LogP) is 1.76. The molecule has 2 aromatic rings. The molecule has 0 spiro atoms. The van der Waals surface area contributed by atoms with Gasteiger partial charge in [-0.2, -0.15) is 0 Å². The minimum atomic E-state index is -0.701. The monoisotopic (exact) mass is 415 g/mol. The Balaban J connectivity index is 1.47. The van der Waals surface area contributed by atoms with E-state index in [1.807, 2.05) is 0 Å². The van der Waals surface area contributed by atoms with Crippen molar-refractivity contribution < 1.29 is 19.1 Å². The quantitative estimate of drug-likeness (QED) is 0.476. The van der Waals surface area contributed by atoms with Gasteiger partial charge in [-0.3, -0.25) is 4.90 Å².